The molecule has 1 amide bonds. The zero-order chi connectivity index (χ0) is 13.1. The molecule has 102 valence electrons. The SMILES string of the molecule is C[C@H](NC1CCNC1)C(=O)N1CCC[C@H]1B(O)O. The van der Waals surface area contributed by atoms with Gasteiger partial charge in [-0.1, -0.05) is 0 Å². The molecule has 2 rings (SSSR count). The summed E-state index contributed by atoms with van der Waals surface area (Å²) in [5.74, 6) is -0.471. The van der Waals surface area contributed by atoms with Crippen LogP contribution in [-0.2, 0) is 4.79 Å². The molecule has 0 aromatic rings. The summed E-state index contributed by atoms with van der Waals surface area (Å²) in [4.78, 5) is 13.9. The van der Waals surface area contributed by atoms with Crippen molar-refractivity contribution in [3.63, 3.8) is 0 Å². The number of rotatable bonds is 4. The van der Waals surface area contributed by atoms with Crippen molar-refractivity contribution in [2.75, 3.05) is 19.6 Å². The third kappa shape index (κ3) is 3.03. The second kappa shape index (κ2) is 6.01. The van der Waals surface area contributed by atoms with E-state index in [1.807, 2.05) is 6.92 Å². The Labute approximate surface area is 108 Å². The molecule has 2 saturated heterocycles. The summed E-state index contributed by atoms with van der Waals surface area (Å²) in [5.41, 5.74) is 0. The lowest BCUT2D eigenvalue weighted by molar-refractivity contribution is -0.133. The minimum Gasteiger partial charge on any atom is -0.426 e. The van der Waals surface area contributed by atoms with Crippen LogP contribution in [0.15, 0.2) is 0 Å². The Balaban J connectivity index is 1.88. The fourth-order valence-electron chi connectivity index (χ4n) is 2.85. The Morgan fingerprint density at radius 2 is 2.28 bits per heavy atom. The molecule has 0 saturated carbocycles. The molecule has 4 N–H and O–H groups in total. The van der Waals surface area contributed by atoms with Crippen LogP contribution in [0, 0.1) is 0 Å². The van der Waals surface area contributed by atoms with Gasteiger partial charge < -0.3 is 25.6 Å². The van der Waals surface area contributed by atoms with Crippen molar-refractivity contribution in [2.24, 2.45) is 0 Å². The molecule has 1 unspecified atom stereocenters. The monoisotopic (exact) mass is 255 g/mol. The smallest absolute Gasteiger partial charge is 0.426 e. The Hall–Kier alpha value is -0.625. The fraction of sp³-hybridized carbons (Fsp3) is 0.909. The summed E-state index contributed by atoms with van der Waals surface area (Å²) < 4.78 is 0. The molecule has 0 aromatic heterocycles. The Morgan fingerprint density at radius 1 is 1.50 bits per heavy atom. The normalized spacial score (nSPS) is 29.6. The molecule has 0 aliphatic carbocycles. The summed E-state index contributed by atoms with van der Waals surface area (Å²) in [5, 5.41) is 25.1. The van der Waals surface area contributed by atoms with Gasteiger partial charge in [0.25, 0.3) is 0 Å². The summed E-state index contributed by atoms with van der Waals surface area (Å²) in [7, 11) is -1.43. The van der Waals surface area contributed by atoms with Crippen LogP contribution in [-0.4, -0.2) is 65.6 Å². The Kier molecular flexibility index (Phi) is 4.61. The average molecular weight is 255 g/mol. The maximum atomic E-state index is 12.3. The van der Waals surface area contributed by atoms with E-state index in [1.165, 1.54) is 0 Å². The van der Waals surface area contributed by atoms with Crippen molar-refractivity contribution < 1.29 is 14.8 Å². The lowest BCUT2D eigenvalue weighted by Crippen LogP contribution is -2.53. The number of nitrogens with zero attached hydrogens (tertiary/aromatic N) is 1. The standard InChI is InChI=1S/C11H22BN3O3/c1-8(14-9-4-5-13-7-9)11(16)15-6-2-3-10(15)12(17)18/h8-10,13-14,17-18H,2-7H2,1H3/t8-,9?,10-/m0/s1. The number of carbonyl (C=O) groups is 1. The molecule has 2 heterocycles. The van der Waals surface area contributed by atoms with Gasteiger partial charge in [-0.2, -0.15) is 0 Å². The van der Waals surface area contributed by atoms with Gasteiger partial charge in [-0.3, -0.25) is 4.79 Å². The average Bonchev–Trinajstić information content (AvgIpc) is 2.97. The zero-order valence-corrected chi connectivity index (χ0v) is 10.8. The van der Waals surface area contributed by atoms with Gasteiger partial charge in [0, 0.05) is 19.1 Å². The Bertz CT molecular complexity index is 297. The largest absolute Gasteiger partial charge is 0.475 e. The molecule has 2 fully saturated rings. The molecular formula is C11H22BN3O3. The fourth-order valence-corrected chi connectivity index (χ4v) is 2.85. The van der Waals surface area contributed by atoms with E-state index in [1.54, 1.807) is 4.90 Å². The molecule has 7 heteroatoms. The van der Waals surface area contributed by atoms with Crippen LogP contribution in [0.4, 0.5) is 0 Å². The number of carbonyl (C=O) groups excluding carboxylic acids is 1. The highest BCUT2D eigenvalue weighted by atomic mass is 16.4. The summed E-state index contributed by atoms with van der Waals surface area (Å²) in [6.45, 7) is 4.35. The van der Waals surface area contributed by atoms with Gasteiger partial charge >= 0.3 is 7.12 Å². The number of amides is 1. The van der Waals surface area contributed by atoms with Gasteiger partial charge in [0.2, 0.25) is 5.91 Å². The molecule has 6 nitrogen and oxygen atoms in total. The maximum absolute atomic E-state index is 12.3. The van der Waals surface area contributed by atoms with E-state index in [2.05, 4.69) is 10.6 Å². The van der Waals surface area contributed by atoms with E-state index in [-0.39, 0.29) is 11.9 Å². The molecule has 2 aliphatic heterocycles. The first-order valence-electron chi connectivity index (χ1n) is 6.73. The molecular weight excluding hydrogens is 233 g/mol. The van der Waals surface area contributed by atoms with Crippen LogP contribution >= 0.6 is 0 Å². The number of nitrogens with one attached hydrogen (secondary N) is 2. The van der Waals surface area contributed by atoms with Crippen LogP contribution in [0.1, 0.15) is 26.2 Å². The van der Waals surface area contributed by atoms with Crippen molar-refractivity contribution in [1.29, 1.82) is 0 Å². The van der Waals surface area contributed by atoms with E-state index < -0.39 is 13.1 Å². The second-order valence-electron chi connectivity index (χ2n) is 5.23. The first-order valence-corrected chi connectivity index (χ1v) is 6.73. The summed E-state index contributed by atoms with van der Waals surface area (Å²) in [6.07, 6.45) is 2.54. The topological polar surface area (TPSA) is 84.8 Å². The van der Waals surface area contributed by atoms with Gasteiger partial charge in [0.05, 0.1) is 12.0 Å². The Morgan fingerprint density at radius 3 is 2.89 bits per heavy atom. The maximum Gasteiger partial charge on any atom is 0.475 e. The third-order valence-corrected chi connectivity index (χ3v) is 3.84. The first-order chi connectivity index (χ1) is 8.59. The molecule has 0 aromatic carbocycles. The van der Waals surface area contributed by atoms with Crippen LogP contribution in [0.3, 0.4) is 0 Å². The van der Waals surface area contributed by atoms with Gasteiger partial charge in [0.1, 0.15) is 0 Å². The molecule has 3 atom stereocenters. The van der Waals surface area contributed by atoms with Crippen LogP contribution < -0.4 is 10.6 Å². The van der Waals surface area contributed by atoms with Crippen molar-refractivity contribution >= 4 is 13.0 Å². The lowest BCUT2D eigenvalue weighted by atomic mass is 9.78. The molecule has 18 heavy (non-hydrogen) atoms. The van der Waals surface area contributed by atoms with Gasteiger partial charge in [-0.15, -0.1) is 0 Å². The summed E-state index contributed by atoms with van der Waals surface area (Å²) in [6, 6.07) is 0.0679. The quantitative estimate of drug-likeness (QED) is 0.451. The minimum atomic E-state index is -1.43. The van der Waals surface area contributed by atoms with Crippen molar-refractivity contribution in [2.45, 2.75) is 44.2 Å². The minimum absolute atomic E-state index is 0.0301. The lowest BCUT2D eigenvalue weighted by Gasteiger charge is -2.28. The molecule has 0 radical (unpaired) electrons. The van der Waals surface area contributed by atoms with E-state index >= 15 is 0 Å². The predicted octanol–water partition coefficient (Wildman–Crippen LogP) is -1.67. The van der Waals surface area contributed by atoms with E-state index in [4.69, 9.17) is 0 Å². The predicted molar refractivity (Wildman–Crippen MR) is 68.8 cm³/mol. The highest BCUT2D eigenvalue weighted by molar-refractivity contribution is 6.43. The van der Waals surface area contributed by atoms with E-state index in [0.717, 1.165) is 25.9 Å². The highest BCUT2D eigenvalue weighted by Crippen LogP contribution is 2.19. The van der Waals surface area contributed by atoms with Crippen LogP contribution in [0.2, 0.25) is 0 Å². The van der Waals surface area contributed by atoms with Gasteiger partial charge in [-0.05, 0) is 32.7 Å². The van der Waals surface area contributed by atoms with Crippen LogP contribution in [0.25, 0.3) is 0 Å². The van der Waals surface area contributed by atoms with Crippen molar-refractivity contribution in [1.82, 2.24) is 15.5 Å². The highest BCUT2D eigenvalue weighted by Gasteiger charge is 2.38. The third-order valence-electron chi connectivity index (χ3n) is 3.84. The van der Waals surface area contributed by atoms with Crippen LogP contribution in [0.5, 0.6) is 0 Å². The van der Waals surface area contributed by atoms with Gasteiger partial charge in [0.15, 0.2) is 0 Å². The first kappa shape index (κ1) is 13.8. The number of hydrogen-bond acceptors (Lipinski definition) is 5. The summed E-state index contributed by atoms with van der Waals surface area (Å²) >= 11 is 0. The van der Waals surface area contributed by atoms with E-state index in [0.29, 0.717) is 19.0 Å². The van der Waals surface area contributed by atoms with Crippen molar-refractivity contribution in [3.05, 3.63) is 0 Å². The number of likely N-dealkylation sites (tertiary alicyclic amines) is 1. The van der Waals surface area contributed by atoms with Gasteiger partial charge in [-0.25, -0.2) is 0 Å². The number of hydrogen-bond donors (Lipinski definition) is 4. The second-order valence-corrected chi connectivity index (χ2v) is 5.23. The molecule has 2 aliphatic rings. The van der Waals surface area contributed by atoms with Crippen molar-refractivity contribution in [3.8, 4) is 0 Å². The molecule has 0 bridgehead atoms. The molecule has 0 spiro atoms. The van der Waals surface area contributed by atoms with E-state index in [9.17, 15) is 14.8 Å². The zero-order valence-electron chi connectivity index (χ0n) is 10.8.